The van der Waals surface area contributed by atoms with Crippen LogP contribution >= 0.6 is 0 Å². The molecule has 1 aromatic rings. The maximum absolute atomic E-state index is 12.5. The van der Waals surface area contributed by atoms with Crippen molar-refractivity contribution in [3.05, 3.63) is 29.3 Å². The Balaban J connectivity index is 1.84. The molecule has 0 spiro atoms. The van der Waals surface area contributed by atoms with Crippen molar-refractivity contribution >= 4 is 17.5 Å². The lowest BCUT2D eigenvalue weighted by molar-refractivity contribution is -0.115. The first kappa shape index (κ1) is 12.2. The van der Waals surface area contributed by atoms with Gasteiger partial charge >= 0.3 is 0 Å². The number of fused-ring (bicyclic) bond motifs is 1. The predicted molar refractivity (Wildman–Crippen MR) is 73.1 cm³/mol. The standard InChI is InChI=1S/C15H18N2O2/c1-10-4-2-3-7-17(10)15(19)12-6-5-11-9-14(18)16-13(11)8-12/h5-6,8,10H,2-4,7,9H2,1H3,(H,16,18). The molecule has 0 saturated carbocycles. The Hall–Kier alpha value is -1.84. The fourth-order valence-corrected chi connectivity index (χ4v) is 2.91. The maximum atomic E-state index is 12.5. The van der Waals surface area contributed by atoms with Gasteiger partial charge in [0.2, 0.25) is 5.91 Å². The molecule has 2 aliphatic rings. The van der Waals surface area contributed by atoms with E-state index in [4.69, 9.17) is 0 Å². The molecule has 4 nitrogen and oxygen atoms in total. The zero-order valence-corrected chi connectivity index (χ0v) is 11.1. The molecule has 3 rings (SSSR count). The number of hydrogen-bond acceptors (Lipinski definition) is 2. The van der Waals surface area contributed by atoms with Crippen LogP contribution in [0.1, 0.15) is 42.1 Å². The van der Waals surface area contributed by atoms with E-state index in [-0.39, 0.29) is 11.8 Å². The topological polar surface area (TPSA) is 49.4 Å². The van der Waals surface area contributed by atoms with Gasteiger partial charge in [-0.1, -0.05) is 6.07 Å². The van der Waals surface area contributed by atoms with Gasteiger partial charge < -0.3 is 10.2 Å². The average molecular weight is 258 g/mol. The van der Waals surface area contributed by atoms with Gasteiger partial charge in [0, 0.05) is 23.8 Å². The molecule has 0 aliphatic carbocycles. The Labute approximate surface area is 112 Å². The van der Waals surface area contributed by atoms with Gasteiger partial charge in [-0.2, -0.15) is 0 Å². The van der Waals surface area contributed by atoms with Gasteiger partial charge in [-0.05, 0) is 43.9 Å². The summed E-state index contributed by atoms with van der Waals surface area (Å²) in [6, 6.07) is 5.84. The molecule has 4 heteroatoms. The van der Waals surface area contributed by atoms with Crippen LogP contribution in [-0.4, -0.2) is 29.3 Å². The van der Waals surface area contributed by atoms with Gasteiger partial charge in [0.05, 0.1) is 6.42 Å². The van der Waals surface area contributed by atoms with E-state index < -0.39 is 0 Å². The van der Waals surface area contributed by atoms with Crippen molar-refractivity contribution in [2.75, 3.05) is 11.9 Å². The Kier molecular flexibility index (Phi) is 3.01. The summed E-state index contributed by atoms with van der Waals surface area (Å²) in [5, 5.41) is 2.80. The van der Waals surface area contributed by atoms with Crippen LogP contribution in [0.25, 0.3) is 0 Å². The van der Waals surface area contributed by atoms with E-state index in [9.17, 15) is 9.59 Å². The van der Waals surface area contributed by atoms with Crippen molar-refractivity contribution in [1.82, 2.24) is 4.90 Å². The third-order valence-corrected chi connectivity index (χ3v) is 4.05. The largest absolute Gasteiger partial charge is 0.336 e. The molecule has 1 saturated heterocycles. The second kappa shape index (κ2) is 4.68. The van der Waals surface area contributed by atoms with E-state index >= 15 is 0 Å². The van der Waals surface area contributed by atoms with Crippen LogP contribution in [0.2, 0.25) is 0 Å². The highest BCUT2D eigenvalue weighted by atomic mass is 16.2. The third-order valence-electron chi connectivity index (χ3n) is 4.05. The van der Waals surface area contributed by atoms with E-state index in [2.05, 4.69) is 12.2 Å². The summed E-state index contributed by atoms with van der Waals surface area (Å²) < 4.78 is 0. The van der Waals surface area contributed by atoms with Gasteiger partial charge in [-0.3, -0.25) is 9.59 Å². The van der Waals surface area contributed by atoms with E-state index in [1.165, 1.54) is 6.42 Å². The van der Waals surface area contributed by atoms with Gasteiger partial charge in [0.1, 0.15) is 0 Å². The number of piperidine rings is 1. The normalized spacial score (nSPS) is 22.1. The lowest BCUT2D eigenvalue weighted by Crippen LogP contribution is -2.42. The molecule has 0 aromatic heterocycles. The molecule has 1 N–H and O–H groups in total. The fraction of sp³-hybridized carbons (Fsp3) is 0.467. The molecule has 100 valence electrons. The number of benzene rings is 1. The van der Waals surface area contributed by atoms with Crippen LogP contribution in [0.5, 0.6) is 0 Å². The second-order valence-electron chi connectivity index (χ2n) is 5.44. The Bertz CT molecular complexity index is 539. The number of nitrogens with one attached hydrogen (secondary N) is 1. The zero-order valence-electron chi connectivity index (χ0n) is 11.1. The van der Waals surface area contributed by atoms with Crippen LogP contribution in [0.4, 0.5) is 5.69 Å². The average Bonchev–Trinajstić information content (AvgIpc) is 2.77. The summed E-state index contributed by atoms with van der Waals surface area (Å²) in [6.45, 7) is 2.94. The summed E-state index contributed by atoms with van der Waals surface area (Å²) in [5.74, 6) is 0.0853. The summed E-state index contributed by atoms with van der Waals surface area (Å²) in [6.07, 6.45) is 3.78. The molecule has 1 aromatic carbocycles. The van der Waals surface area contributed by atoms with Crippen molar-refractivity contribution in [2.24, 2.45) is 0 Å². The Morgan fingerprint density at radius 1 is 1.37 bits per heavy atom. The van der Waals surface area contributed by atoms with Crippen molar-refractivity contribution in [3.8, 4) is 0 Å². The molecular weight excluding hydrogens is 240 g/mol. The summed E-state index contributed by atoms with van der Waals surface area (Å²) >= 11 is 0. The SMILES string of the molecule is CC1CCCCN1C(=O)c1ccc2c(c1)NC(=O)C2. The maximum Gasteiger partial charge on any atom is 0.254 e. The Morgan fingerprint density at radius 2 is 2.21 bits per heavy atom. The zero-order chi connectivity index (χ0) is 13.4. The number of likely N-dealkylation sites (tertiary alicyclic amines) is 1. The summed E-state index contributed by atoms with van der Waals surface area (Å²) in [4.78, 5) is 25.8. The quantitative estimate of drug-likeness (QED) is 0.839. The third kappa shape index (κ3) is 2.23. The van der Waals surface area contributed by atoms with E-state index in [0.717, 1.165) is 30.6 Å². The second-order valence-corrected chi connectivity index (χ2v) is 5.44. The molecule has 1 unspecified atom stereocenters. The highest BCUT2D eigenvalue weighted by Gasteiger charge is 2.26. The first-order valence-electron chi connectivity index (χ1n) is 6.89. The van der Waals surface area contributed by atoms with Crippen molar-refractivity contribution in [1.29, 1.82) is 0 Å². The molecule has 2 aliphatic heterocycles. The summed E-state index contributed by atoms with van der Waals surface area (Å²) in [7, 11) is 0. The minimum Gasteiger partial charge on any atom is -0.336 e. The van der Waals surface area contributed by atoms with E-state index in [0.29, 0.717) is 18.0 Å². The number of hydrogen-bond donors (Lipinski definition) is 1. The molecule has 2 heterocycles. The number of anilines is 1. The van der Waals surface area contributed by atoms with Crippen LogP contribution in [0, 0.1) is 0 Å². The van der Waals surface area contributed by atoms with E-state index in [1.807, 2.05) is 23.1 Å². The van der Waals surface area contributed by atoms with Crippen molar-refractivity contribution < 1.29 is 9.59 Å². The number of carbonyl (C=O) groups is 2. The van der Waals surface area contributed by atoms with Crippen LogP contribution in [0.15, 0.2) is 18.2 Å². The van der Waals surface area contributed by atoms with E-state index in [1.54, 1.807) is 0 Å². The minimum absolute atomic E-state index is 0.00550. The lowest BCUT2D eigenvalue weighted by atomic mass is 10.0. The number of amides is 2. The molecule has 0 bridgehead atoms. The molecule has 1 atom stereocenters. The number of carbonyl (C=O) groups excluding carboxylic acids is 2. The molecule has 1 fully saturated rings. The van der Waals surface area contributed by atoms with Crippen molar-refractivity contribution in [3.63, 3.8) is 0 Å². The van der Waals surface area contributed by atoms with Crippen LogP contribution in [-0.2, 0) is 11.2 Å². The highest BCUT2D eigenvalue weighted by molar-refractivity contribution is 6.02. The van der Waals surface area contributed by atoms with Gasteiger partial charge in [-0.25, -0.2) is 0 Å². The minimum atomic E-state index is 0.00550. The lowest BCUT2D eigenvalue weighted by Gasteiger charge is -2.33. The van der Waals surface area contributed by atoms with Crippen molar-refractivity contribution in [2.45, 2.75) is 38.6 Å². The Morgan fingerprint density at radius 3 is 3.00 bits per heavy atom. The molecule has 0 radical (unpaired) electrons. The number of rotatable bonds is 1. The number of nitrogens with zero attached hydrogens (tertiary/aromatic N) is 1. The first-order chi connectivity index (χ1) is 9.15. The van der Waals surface area contributed by atoms with Crippen LogP contribution in [0.3, 0.4) is 0 Å². The molecule has 2 amide bonds. The van der Waals surface area contributed by atoms with Gasteiger partial charge in [-0.15, -0.1) is 0 Å². The smallest absolute Gasteiger partial charge is 0.254 e. The highest BCUT2D eigenvalue weighted by Crippen LogP contribution is 2.26. The molecule has 19 heavy (non-hydrogen) atoms. The van der Waals surface area contributed by atoms with Gasteiger partial charge in [0.15, 0.2) is 0 Å². The fourth-order valence-electron chi connectivity index (χ4n) is 2.91. The predicted octanol–water partition coefficient (Wildman–Crippen LogP) is 2.20. The van der Waals surface area contributed by atoms with Gasteiger partial charge in [0.25, 0.3) is 5.91 Å². The van der Waals surface area contributed by atoms with Crippen LogP contribution < -0.4 is 5.32 Å². The first-order valence-corrected chi connectivity index (χ1v) is 6.89. The summed E-state index contributed by atoms with van der Waals surface area (Å²) in [5.41, 5.74) is 2.45. The monoisotopic (exact) mass is 258 g/mol. The molecular formula is C15H18N2O2.